The van der Waals surface area contributed by atoms with Gasteiger partial charge in [0.15, 0.2) is 9.84 Å². The van der Waals surface area contributed by atoms with Crippen LogP contribution in [0.1, 0.15) is 20.3 Å². The van der Waals surface area contributed by atoms with E-state index in [4.69, 9.17) is 0 Å². The lowest BCUT2D eigenvalue weighted by molar-refractivity contribution is 0.546. The van der Waals surface area contributed by atoms with Crippen molar-refractivity contribution in [1.82, 2.24) is 5.32 Å². The molecule has 0 aliphatic heterocycles. The fourth-order valence-corrected chi connectivity index (χ4v) is 2.86. The first-order chi connectivity index (χ1) is 8.02. The average Bonchev–Trinajstić information content (AvgIpc) is 2.29. The second-order valence-corrected chi connectivity index (χ2v) is 6.69. The molecule has 0 saturated heterocycles. The molecular formula is C13H21NO2S. The fraction of sp³-hybridized carbons (Fsp3) is 0.538. The van der Waals surface area contributed by atoms with E-state index in [0.717, 1.165) is 13.1 Å². The molecule has 0 radical (unpaired) electrons. The second kappa shape index (κ2) is 6.77. The van der Waals surface area contributed by atoms with Crippen LogP contribution in [0, 0.1) is 5.92 Å². The third kappa shape index (κ3) is 5.33. The smallest absolute Gasteiger partial charge is 0.178 e. The first kappa shape index (κ1) is 14.2. The summed E-state index contributed by atoms with van der Waals surface area (Å²) in [6, 6.07) is 8.63. The van der Waals surface area contributed by atoms with Gasteiger partial charge in [-0.05, 0) is 37.6 Å². The van der Waals surface area contributed by atoms with Crippen LogP contribution >= 0.6 is 0 Å². The van der Waals surface area contributed by atoms with E-state index in [1.807, 2.05) is 6.07 Å². The summed E-state index contributed by atoms with van der Waals surface area (Å²) in [5.41, 5.74) is 0. The molecule has 0 heterocycles. The van der Waals surface area contributed by atoms with E-state index in [1.54, 1.807) is 24.3 Å². The minimum atomic E-state index is -3.10. The quantitative estimate of drug-likeness (QED) is 0.759. The molecule has 0 unspecified atom stereocenters. The molecule has 4 heteroatoms. The molecule has 96 valence electrons. The van der Waals surface area contributed by atoms with E-state index < -0.39 is 9.84 Å². The van der Waals surface area contributed by atoms with Crippen LogP contribution < -0.4 is 5.32 Å². The summed E-state index contributed by atoms with van der Waals surface area (Å²) in [6.07, 6.45) is 0.657. The van der Waals surface area contributed by atoms with Crippen molar-refractivity contribution in [2.24, 2.45) is 5.92 Å². The summed E-state index contributed by atoms with van der Waals surface area (Å²) in [4.78, 5) is 0.420. The highest BCUT2D eigenvalue weighted by atomic mass is 32.2. The highest BCUT2D eigenvalue weighted by molar-refractivity contribution is 7.91. The first-order valence-electron chi connectivity index (χ1n) is 6.01. The molecule has 0 spiro atoms. The van der Waals surface area contributed by atoms with Gasteiger partial charge in [0.2, 0.25) is 0 Å². The predicted molar refractivity (Wildman–Crippen MR) is 70.8 cm³/mol. The van der Waals surface area contributed by atoms with E-state index in [-0.39, 0.29) is 5.75 Å². The van der Waals surface area contributed by atoms with Crippen LogP contribution in [-0.2, 0) is 9.84 Å². The zero-order valence-corrected chi connectivity index (χ0v) is 11.3. The molecule has 0 amide bonds. The van der Waals surface area contributed by atoms with Crippen molar-refractivity contribution in [3.05, 3.63) is 30.3 Å². The summed E-state index contributed by atoms with van der Waals surface area (Å²) in [5, 5.41) is 3.24. The van der Waals surface area contributed by atoms with E-state index in [1.165, 1.54) is 0 Å². The van der Waals surface area contributed by atoms with Gasteiger partial charge in [-0.2, -0.15) is 0 Å². The molecule has 0 fully saturated rings. The molecular weight excluding hydrogens is 234 g/mol. The zero-order valence-electron chi connectivity index (χ0n) is 10.5. The Kier molecular flexibility index (Phi) is 5.65. The van der Waals surface area contributed by atoms with Gasteiger partial charge in [0.25, 0.3) is 0 Å². The van der Waals surface area contributed by atoms with Gasteiger partial charge in [0.1, 0.15) is 0 Å². The minimum Gasteiger partial charge on any atom is -0.316 e. The van der Waals surface area contributed by atoms with Crippen molar-refractivity contribution in [2.45, 2.75) is 25.2 Å². The summed E-state index contributed by atoms with van der Waals surface area (Å²) in [5.74, 6) is 0.808. The van der Waals surface area contributed by atoms with Crippen molar-refractivity contribution in [2.75, 3.05) is 18.8 Å². The number of benzene rings is 1. The summed E-state index contributed by atoms with van der Waals surface area (Å²) < 4.78 is 23.8. The van der Waals surface area contributed by atoms with Crippen LogP contribution in [0.5, 0.6) is 0 Å². The van der Waals surface area contributed by atoms with Crippen molar-refractivity contribution in [3.8, 4) is 0 Å². The topological polar surface area (TPSA) is 46.2 Å². The molecule has 0 saturated carbocycles. The lowest BCUT2D eigenvalue weighted by atomic mass is 10.2. The third-order valence-electron chi connectivity index (χ3n) is 2.42. The van der Waals surface area contributed by atoms with Crippen LogP contribution in [0.25, 0.3) is 0 Å². The highest BCUT2D eigenvalue weighted by Crippen LogP contribution is 2.10. The number of hydrogen-bond acceptors (Lipinski definition) is 3. The van der Waals surface area contributed by atoms with Gasteiger partial charge in [-0.3, -0.25) is 0 Å². The molecule has 0 bridgehead atoms. The Morgan fingerprint density at radius 1 is 1.18 bits per heavy atom. The molecule has 17 heavy (non-hydrogen) atoms. The average molecular weight is 255 g/mol. The molecule has 1 aromatic rings. The lowest BCUT2D eigenvalue weighted by Gasteiger charge is -2.07. The van der Waals surface area contributed by atoms with E-state index in [0.29, 0.717) is 17.2 Å². The lowest BCUT2D eigenvalue weighted by Crippen LogP contribution is -2.22. The van der Waals surface area contributed by atoms with Gasteiger partial charge in [0.05, 0.1) is 10.6 Å². The van der Waals surface area contributed by atoms with Crippen molar-refractivity contribution >= 4 is 9.84 Å². The Hall–Kier alpha value is -0.870. The van der Waals surface area contributed by atoms with Crippen molar-refractivity contribution in [3.63, 3.8) is 0 Å². The van der Waals surface area contributed by atoms with E-state index in [2.05, 4.69) is 19.2 Å². The molecule has 1 rings (SSSR count). The van der Waals surface area contributed by atoms with Crippen LogP contribution in [0.4, 0.5) is 0 Å². The number of sulfone groups is 1. The molecule has 0 aromatic heterocycles. The normalized spacial score (nSPS) is 11.9. The summed E-state index contributed by atoms with van der Waals surface area (Å²) in [6.45, 7) is 5.96. The van der Waals surface area contributed by atoms with Crippen LogP contribution in [0.2, 0.25) is 0 Å². The number of rotatable bonds is 7. The maximum absolute atomic E-state index is 11.9. The second-order valence-electron chi connectivity index (χ2n) is 4.58. The fourth-order valence-electron chi connectivity index (χ4n) is 1.52. The van der Waals surface area contributed by atoms with Crippen LogP contribution in [0.15, 0.2) is 35.2 Å². The standard InChI is InChI=1S/C13H21NO2S/c1-12(2)11-14-9-6-10-17(15,16)13-7-4-3-5-8-13/h3-5,7-8,12,14H,6,9-11H2,1-2H3. The third-order valence-corrected chi connectivity index (χ3v) is 4.24. The zero-order chi connectivity index (χ0) is 12.7. The summed E-state index contributed by atoms with van der Waals surface area (Å²) in [7, 11) is -3.10. The van der Waals surface area contributed by atoms with Crippen molar-refractivity contribution < 1.29 is 8.42 Å². The van der Waals surface area contributed by atoms with Gasteiger partial charge in [-0.1, -0.05) is 32.0 Å². The maximum Gasteiger partial charge on any atom is 0.178 e. The Labute approximate surface area is 104 Å². The monoisotopic (exact) mass is 255 g/mol. The van der Waals surface area contributed by atoms with Gasteiger partial charge >= 0.3 is 0 Å². The largest absolute Gasteiger partial charge is 0.316 e. The molecule has 1 N–H and O–H groups in total. The van der Waals surface area contributed by atoms with Gasteiger partial charge < -0.3 is 5.32 Å². The Morgan fingerprint density at radius 2 is 1.82 bits per heavy atom. The SMILES string of the molecule is CC(C)CNCCCS(=O)(=O)c1ccccc1. The van der Waals surface area contributed by atoms with Crippen LogP contribution in [0.3, 0.4) is 0 Å². The van der Waals surface area contributed by atoms with E-state index >= 15 is 0 Å². The molecule has 0 aliphatic rings. The predicted octanol–water partition coefficient (Wildman–Crippen LogP) is 2.10. The Morgan fingerprint density at radius 3 is 2.41 bits per heavy atom. The van der Waals surface area contributed by atoms with Crippen molar-refractivity contribution in [1.29, 1.82) is 0 Å². The maximum atomic E-state index is 11.9. The molecule has 1 aromatic carbocycles. The molecule has 0 aliphatic carbocycles. The van der Waals surface area contributed by atoms with Gasteiger partial charge in [0, 0.05) is 0 Å². The number of nitrogens with one attached hydrogen (secondary N) is 1. The van der Waals surface area contributed by atoms with Gasteiger partial charge in [-0.15, -0.1) is 0 Å². The molecule has 0 atom stereocenters. The summed E-state index contributed by atoms with van der Waals surface area (Å²) >= 11 is 0. The first-order valence-corrected chi connectivity index (χ1v) is 7.66. The Balaban J connectivity index is 2.36. The highest BCUT2D eigenvalue weighted by Gasteiger charge is 2.12. The van der Waals surface area contributed by atoms with Gasteiger partial charge in [-0.25, -0.2) is 8.42 Å². The number of hydrogen-bond donors (Lipinski definition) is 1. The Bertz CT molecular complexity index is 412. The van der Waals surface area contributed by atoms with Crippen LogP contribution in [-0.4, -0.2) is 27.3 Å². The van der Waals surface area contributed by atoms with E-state index in [9.17, 15) is 8.42 Å². The molecule has 3 nitrogen and oxygen atoms in total. The minimum absolute atomic E-state index is 0.210.